The van der Waals surface area contributed by atoms with E-state index in [1.54, 1.807) is 11.3 Å². The second-order valence-electron chi connectivity index (χ2n) is 4.48. The molecule has 0 saturated heterocycles. The van der Waals surface area contributed by atoms with Crippen molar-refractivity contribution in [1.29, 1.82) is 0 Å². The highest BCUT2D eigenvalue weighted by molar-refractivity contribution is 7.15. The Labute approximate surface area is 117 Å². The molecule has 0 aliphatic heterocycles. The first-order valence-electron chi connectivity index (χ1n) is 6.60. The number of fused-ring (bicyclic) bond motifs is 1. The predicted octanol–water partition coefficient (Wildman–Crippen LogP) is 1.71. The number of imidazole rings is 1. The van der Waals surface area contributed by atoms with E-state index in [4.69, 9.17) is 0 Å². The minimum absolute atomic E-state index is 0.111. The van der Waals surface area contributed by atoms with Crippen LogP contribution >= 0.6 is 11.3 Å². The number of hydrogen-bond donors (Lipinski definition) is 2. The van der Waals surface area contributed by atoms with Crippen LogP contribution in [-0.4, -0.2) is 28.4 Å². The van der Waals surface area contributed by atoms with Crippen LogP contribution in [0.4, 0.5) is 0 Å². The highest BCUT2D eigenvalue weighted by Crippen LogP contribution is 2.16. The molecular weight excluding hydrogens is 260 g/mol. The molecule has 0 bridgehead atoms. The lowest BCUT2D eigenvalue weighted by molar-refractivity contribution is -0.120. The molecule has 0 atom stereocenters. The summed E-state index contributed by atoms with van der Waals surface area (Å²) in [5, 5.41) is 8.20. The quantitative estimate of drug-likeness (QED) is 0.759. The van der Waals surface area contributed by atoms with E-state index in [1.165, 1.54) is 5.69 Å². The number of rotatable bonds is 7. The van der Waals surface area contributed by atoms with Gasteiger partial charge in [0.05, 0.1) is 11.4 Å². The summed E-state index contributed by atoms with van der Waals surface area (Å²) in [6, 6.07) is 0. The average molecular weight is 280 g/mol. The van der Waals surface area contributed by atoms with Crippen LogP contribution in [0.2, 0.25) is 0 Å². The van der Waals surface area contributed by atoms with Gasteiger partial charge in [-0.05, 0) is 13.3 Å². The minimum atomic E-state index is 0.111. The van der Waals surface area contributed by atoms with Gasteiger partial charge in [-0.2, -0.15) is 0 Å². The van der Waals surface area contributed by atoms with Gasteiger partial charge in [0, 0.05) is 37.6 Å². The molecule has 2 rings (SSSR count). The van der Waals surface area contributed by atoms with Crippen molar-refractivity contribution in [3.63, 3.8) is 0 Å². The molecule has 0 radical (unpaired) electrons. The summed E-state index contributed by atoms with van der Waals surface area (Å²) in [6.45, 7) is 6.25. The Kier molecular flexibility index (Phi) is 4.93. The summed E-state index contributed by atoms with van der Waals surface area (Å²) in [5.41, 5.74) is 2.22. The molecule has 19 heavy (non-hydrogen) atoms. The second kappa shape index (κ2) is 6.68. The zero-order valence-electron chi connectivity index (χ0n) is 11.4. The molecule has 5 nitrogen and oxygen atoms in total. The molecule has 6 heteroatoms. The zero-order chi connectivity index (χ0) is 13.7. The first-order chi connectivity index (χ1) is 9.22. The lowest BCUT2D eigenvalue weighted by Gasteiger charge is -2.06. The first-order valence-corrected chi connectivity index (χ1v) is 7.48. The van der Waals surface area contributed by atoms with Gasteiger partial charge in [0.15, 0.2) is 4.96 Å². The van der Waals surface area contributed by atoms with E-state index in [9.17, 15) is 4.79 Å². The van der Waals surface area contributed by atoms with E-state index in [2.05, 4.69) is 20.0 Å². The Hall–Kier alpha value is -1.40. The number of nitrogens with zero attached hydrogens (tertiary/aromatic N) is 2. The smallest absolute Gasteiger partial charge is 0.221 e. The Morgan fingerprint density at radius 3 is 3.11 bits per heavy atom. The maximum atomic E-state index is 11.4. The third-order valence-electron chi connectivity index (χ3n) is 2.95. The Morgan fingerprint density at radius 2 is 2.32 bits per heavy atom. The standard InChI is InChI=1S/C13H20N4OS/c1-3-5-15-12(18)4-6-14-9-11-10(2)16-13-17(11)7-8-19-13/h7-8,14H,3-6,9H2,1-2H3,(H,15,18). The monoisotopic (exact) mass is 280 g/mol. The van der Waals surface area contributed by atoms with Crippen molar-refractivity contribution in [2.45, 2.75) is 33.2 Å². The van der Waals surface area contributed by atoms with Crippen molar-refractivity contribution in [2.24, 2.45) is 0 Å². The molecule has 2 aromatic rings. The summed E-state index contributed by atoms with van der Waals surface area (Å²) in [5.74, 6) is 0.111. The third kappa shape index (κ3) is 3.54. The van der Waals surface area contributed by atoms with E-state index in [0.29, 0.717) is 13.0 Å². The van der Waals surface area contributed by atoms with E-state index >= 15 is 0 Å². The number of aryl methyl sites for hydroxylation is 1. The van der Waals surface area contributed by atoms with Crippen molar-refractivity contribution in [3.8, 4) is 0 Å². The fraction of sp³-hybridized carbons (Fsp3) is 0.538. The molecule has 0 unspecified atom stereocenters. The minimum Gasteiger partial charge on any atom is -0.356 e. The first kappa shape index (κ1) is 14.0. The molecule has 0 fully saturated rings. The molecule has 2 aromatic heterocycles. The topological polar surface area (TPSA) is 58.4 Å². The molecule has 1 amide bonds. The van der Waals surface area contributed by atoms with E-state index in [1.807, 2.05) is 25.4 Å². The van der Waals surface area contributed by atoms with Crippen LogP contribution in [0.5, 0.6) is 0 Å². The fourth-order valence-electron chi connectivity index (χ4n) is 1.92. The average Bonchev–Trinajstić information content (AvgIpc) is 2.94. The molecule has 0 aliphatic carbocycles. The fourth-order valence-corrected chi connectivity index (χ4v) is 2.69. The lowest BCUT2D eigenvalue weighted by atomic mass is 10.3. The Bertz CT molecular complexity index is 546. The third-order valence-corrected chi connectivity index (χ3v) is 3.71. The van der Waals surface area contributed by atoms with Gasteiger partial charge in [-0.3, -0.25) is 9.20 Å². The summed E-state index contributed by atoms with van der Waals surface area (Å²) < 4.78 is 2.10. The highest BCUT2D eigenvalue weighted by Gasteiger charge is 2.08. The summed E-state index contributed by atoms with van der Waals surface area (Å²) >= 11 is 1.64. The number of aromatic nitrogens is 2. The maximum Gasteiger partial charge on any atom is 0.221 e. The maximum absolute atomic E-state index is 11.4. The van der Waals surface area contributed by atoms with Crippen molar-refractivity contribution in [1.82, 2.24) is 20.0 Å². The normalized spacial score (nSPS) is 11.1. The van der Waals surface area contributed by atoms with Crippen molar-refractivity contribution in [2.75, 3.05) is 13.1 Å². The van der Waals surface area contributed by atoms with Gasteiger partial charge < -0.3 is 10.6 Å². The number of nitrogens with one attached hydrogen (secondary N) is 2. The molecule has 0 aromatic carbocycles. The molecule has 0 saturated carbocycles. The Morgan fingerprint density at radius 1 is 1.47 bits per heavy atom. The van der Waals surface area contributed by atoms with Crippen LogP contribution in [0.3, 0.4) is 0 Å². The summed E-state index contributed by atoms with van der Waals surface area (Å²) in [4.78, 5) is 16.9. The molecular formula is C13H20N4OS. The van der Waals surface area contributed by atoms with Gasteiger partial charge in [-0.15, -0.1) is 11.3 Å². The van der Waals surface area contributed by atoms with Crippen molar-refractivity contribution < 1.29 is 4.79 Å². The van der Waals surface area contributed by atoms with Gasteiger partial charge in [0.2, 0.25) is 5.91 Å². The van der Waals surface area contributed by atoms with Crippen LogP contribution < -0.4 is 10.6 Å². The van der Waals surface area contributed by atoms with Gasteiger partial charge >= 0.3 is 0 Å². The van der Waals surface area contributed by atoms with E-state index in [-0.39, 0.29) is 5.91 Å². The van der Waals surface area contributed by atoms with Crippen LogP contribution in [0, 0.1) is 6.92 Å². The summed E-state index contributed by atoms with van der Waals surface area (Å²) in [7, 11) is 0. The molecule has 104 valence electrons. The summed E-state index contributed by atoms with van der Waals surface area (Å²) in [6.07, 6.45) is 3.53. The van der Waals surface area contributed by atoms with Gasteiger partial charge in [-0.1, -0.05) is 6.92 Å². The van der Waals surface area contributed by atoms with Crippen molar-refractivity contribution in [3.05, 3.63) is 23.0 Å². The molecule has 0 spiro atoms. The van der Waals surface area contributed by atoms with Crippen LogP contribution in [0.1, 0.15) is 31.2 Å². The van der Waals surface area contributed by atoms with Crippen LogP contribution in [0.25, 0.3) is 4.96 Å². The number of thiazole rings is 1. The van der Waals surface area contributed by atoms with E-state index in [0.717, 1.165) is 30.2 Å². The van der Waals surface area contributed by atoms with Crippen LogP contribution in [0.15, 0.2) is 11.6 Å². The number of amides is 1. The number of hydrogen-bond acceptors (Lipinski definition) is 4. The lowest BCUT2D eigenvalue weighted by Crippen LogP contribution is -2.28. The van der Waals surface area contributed by atoms with Crippen molar-refractivity contribution >= 4 is 22.2 Å². The van der Waals surface area contributed by atoms with Gasteiger partial charge in [0.1, 0.15) is 0 Å². The highest BCUT2D eigenvalue weighted by atomic mass is 32.1. The molecule has 2 N–H and O–H groups in total. The van der Waals surface area contributed by atoms with Gasteiger partial charge in [-0.25, -0.2) is 4.98 Å². The second-order valence-corrected chi connectivity index (χ2v) is 5.35. The molecule has 2 heterocycles. The largest absolute Gasteiger partial charge is 0.356 e. The SMILES string of the molecule is CCCNC(=O)CCNCc1c(C)nc2sccn12. The van der Waals surface area contributed by atoms with Crippen LogP contribution in [-0.2, 0) is 11.3 Å². The molecule has 0 aliphatic rings. The number of carbonyl (C=O) groups is 1. The predicted molar refractivity (Wildman–Crippen MR) is 77.4 cm³/mol. The zero-order valence-corrected chi connectivity index (χ0v) is 12.2. The Balaban J connectivity index is 1.78. The van der Waals surface area contributed by atoms with Gasteiger partial charge in [0.25, 0.3) is 0 Å². The number of carbonyl (C=O) groups excluding carboxylic acids is 1. The van der Waals surface area contributed by atoms with E-state index < -0.39 is 0 Å².